The van der Waals surface area contributed by atoms with Crippen molar-refractivity contribution in [2.75, 3.05) is 6.54 Å². The molecule has 8 heteroatoms. The van der Waals surface area contributed by atoms with Crippen LogP contribution in [0.4, 0.5) is 13.2 Å². The predicted octanol–water partition coefficient (Wildman–Crippen LogP) is 3.21. The van der Waals surface area contributed by atoms with Gasteiger partial charge in [0.1, 0.15) is 5.41 Å². The van der Waals surface area contributed by atoms with E-state index in [2.05, 4.69) is 27.4 Å². The summed E-state index contributed by atoms with van der Waals surface area (Å²) in [4.78, 5) is 7.09. The van der Waals surface area contributed by atoms with Crippen LogP contribution in [-0.4, -0.2) is 21.2 Å². The molecule has 3 nitrogen and oxygen atoms in total. The summed E-state index contributed by atoms with van der Waals surface area (Å²) in [6.07, 6.45) is -0.608. The van der Waals surface area contributed by atoms with Gasteiger partial charge in [-0.2, -0.15) is 13.2 Å². The summed E-state index contributed by atoms with van der Waals surface area (Å²) < 4.78 is 49.0. The average Bonchev–Trinajstić information content (AvgIpc) is 2.37. The van der Waals surface area contributed by atoms with Crippen LogP contribution in [0.5, 0.6) is 0 Å². The molecule has 0 aliphatic carbocycles. The van der Waals surface area contributed by atoms with Gasteiger partial charge in [-0.15, -0.1) is 0 Å². The van der Waals surface area contributed by atoms with E-state index in [0.717, 1.165) is 12.3 Å². The maximum absolute atomic E-state index is 12.4. The van der Waals surface area contributed by atoms with Crippen LogP contribution in [0, 0.1) is 0 Å². The number of halogens is 3. The molecule has 19 heavy (non-hydrogen) atoms. The maximum atomic E-state index is 12.4. The van der Waals surface area contributed by atoms with E-state index < -0.39 is 22.9 Å². The van der Waals surface area contributed by atoms with Gasteiger partial charge in [-0.1, -0.05) is 0 Å². The summed E-state index contributed by atoms with van der Waals surface area (Å²) in [5, 5.41) is 3.48. The fraction of sp³-hybridized carbons (Fsp3) is 0.273. The summed E-state index contributed by atoms with van der Waals surface area (Å²) in [6.45, 7) is 0.401. The molecule has 0 aliphatic rings. The zero-order chi connectivity index (χ0) is 14.3. The fourth-order valence-corrected chi connectivity index (χ4v) is 2.07. The van der Waals surface area contributed by atoms with E-state index in [1.165, 1.54) is 5.41 Å². The monoisotopic (exact) mass is 306 g/mol. The Balaban J connectivity index is 2.72. The van der Waals surface area contributed by atoms with Crippen LogP contribution >= 0.6 is 12.2 Å². The van der Waals surface area contributed by atoms with Crippen LogP contribution < -0.4 is 0 Å². The lowest BCUT2D eigenvalue weighted by atomic mass is 10.3. The Hall–Kier alpha value is -1.21. The maximum Gasteiger partial charge on any atom is 0.418 e. The molecule has 0 bridgehead atoms. The summed E-state index contributed by atoms with van der Waals surface area (Å²) in [5.74, 6) is 0. The summed E-state index contributed by atoms with van der Waals surface area (Å²) in [5.41, 5.74) is -0.919. The summed E-state index contributed by atoms with van der Waals surface area (Å²) in [6, 6.07) is 0.822. The minimum absolute atomic E-state index is 0.00408. The van der Waals surface area contributed by atoms with Crippen LogP contribution in [0.25, 0.3) is 0 Å². The fourth-order valence-electron chi connectivity index (χ4n) is 1.10. The lowest BCUT2D eigenvalue weighted by molar-refractivity contribution is -0.138. The van der Waals surface area contributed by atoms with Crippen molar-refractivity contribution in [2.24, 2.45) is 4.99 Å². The summed E-state index contributed by atoms with van der Waals surface area (Å²) >= 11 is 2.70. The third-order valence-electron chi connectivity index (χ3n) is 1.96. The average molecular weight is 306 g/mol. The second kappa shape index (κ2) is 7.40. The van der Waals surface area contributed by atoms with Crippen molar-refractivity contribution in [3.63, 3.8) is 0 Å². The van der Waals surface area contributed by atoms with E-state index in [1.54, 1.807) is 6.08 Å². The first-order chi connectivity index (χ1) is 8.95. The van der Waals surface area contributed by atoms with E-state index in [1.807, 2.05) is 0 Å². The van der Waals surface area contributed by atoms with Gasteiger partial charge >= 0.3 is 6.18 Å². The molecule has 1 aromatic heterocycles. The van der Waals surface area contributed by atoms with Gasteiger partial charge in [0.15, 0.2) is 4.90 Å². The molecule has 0 radical (unpaired) electrons. The molecule has 1 rings (SSSR count). The van der Waals surface area contributed by atoms with Crippen molar-refractivity contribution in [2.45, 2.75) is 17.5 Å². The zero-order valence-electron chi connectivity index (χ0n) is 9.55. The molecule has 0 spiro atoms. The Bertz CT molecular complexity index is 499. The number of isothiocyanates is 1. The molecule has 1 heterocycles. The third kappa shape index (κ3) is 5.52. The predicted molar refractivity (Wildman–Crippen MR) is 69.3 cm³/mol. The lowest BCUT2D eigenvalue weighted by Crippen LogP contribution is -2.07. The largest absolute Gasteiger partial charge is 0.607 e. The quantitative estimate of drug-likeness (QED) is 0.363. The van der Waals surface area contributed by atoms with E-state index >= 15 is 0 Å². The zero-order valence-corrected chi connectivity index (χ0v) is 11.2. The van der Waals surface area contributed by atoms with Crippen LogP contribution in [-0.2, 0) is 17.4 Å². The molecule has 0 saturated carbocycles. The second-order valence-corrected chi connectivity index (χ2v) is 4.86. The highest BCUT2D eigenvalue weighted by atomic mass is 32.2. The van der Waals surface area contributed by atoms with Crippen LogP contribution in [0.1, 0.15) is 12.0 Å². The number of nitrogens with zero attached hydrogens (tertiary/aromatic N) is 2. The second-order valence-electron chi connectivity index (χ2n) is 3.34. The van der Waals surface area contributed by atoms with Gasteiger partial charge < -0.3 is 4.55 Å². The Morgan fingerprint density at radius 2 is 2.21 bits per heavy atom. The van der Waals surface area contributed by atoms with Gasteiger partial charge in [0.2, 0.25) is 0 Å². The highest BCUT2D eigenvalue weighted by Crippen LogP contribution is 2.30. The first-order valence-electron chi connectivity index (χ1n) is 5.08. The number of thiocarbonyl (C=S) groups is 1. The number of pyridine rings is 1. The van der Waals surface area contributed by atoms with E-state index in [4.69, 9.17) is 0 Å². The molecule has 102 valence electrons. The molecule has 0 aromatic carbocycles. The van der Waals surface area contributed by atoms with E-state index in [9.17, 15) is 17.7 Å². The lowest BCUT2D eigenvalue weighted by Gasteiger charge is -2.08. The van der Waals surface area contributed by atoms with Gasteiger partial charge in [0.05, 0.1) is 23.5 Å². The van der Waals surface area contributed by atoms with Gasteiger partial charge in [-0.3, -0.25) is 4.98 Å². The molecule has 1 atom stereocenters. The number of hydrogen-bond donors (Lipinski definition) is 0. The van der Waals surface area contributed by atoms with Gasteiger partial charge in [0.25, 0.3) is 0 Å². The number of alkyl halides is 3. The Morgan fingerprint density at radius 1 is 1.47 bits per heavy atom. The minimum atomic E-state index is -4.50. The van der Waals surface area contributed by atoms with Crippen molar-refractivity contribution >= 4 is 28.6 Å². The molecule has 0 aliphatic heterocycles. The van der Waals surface area contributed by atoms with Crippen molar-refractivity contribution in [3.05, 3.63) is 35.5 Å². The molecular weight excluding hydrogens is 297 g/mol. The van der Waals surface area contributed by atoms with Crippen molar-refractivity contribution in [1.82, 2.24) is 4.98 Å². The molecule has 0 N–H and O–H groups in total. The molecule has 1 unspecified atom stereocenters. The van der Waals surface area contributed by atoms with E-state index in [0.29, 0.717) is 19.2 Å². The SMILES string of the molecule is [O-][S+](/C=C/CCN=C=S)c1cncc(C(F)(F)F)c1. The minimum Gasteiger partial charge on any atom is -0.607 e. The molecule has 1 aromatic rings. The van der Waals surface area contributed by atoms with Crippen molar-refractivity contribution < 1.29 is 17.7 Å². The topological polar surface area (TPSA) is 48.3 Å². The molecule has 0 fully saturated rings. The Labute approximate surface area is 116 Å². The van der Waals surface area contributed by atoms with Crippen LogP contribution in [0.3, 0.4) is 0 Å². The highest BCUT2D eigenvalue weighted by molar-refractivity contribution is 7.94. The first kappa shape index (κ1) is 15.8. The standard InChI is InChI=1S/C11H9F3N2OS2/c12-11(13,14)9-5-10(7-16-6-9)19(17)4-2-1-3-15-8-18/h2,4-7H,1,3H2/b4-2+. The van der Waals surface area contributed by atoms with Crippen LogP contribution in [0.2, 0.25) is 0 Å². The summed E-state index contributed by atoms with van der Waals surface area (Å²) in [7, 11) is 0. The smallest absolute Gasteiger partial charge is 0.418 e. The van der Waals surface area contributed by atoms with Gasteiger partial charge in [-0.05, 0) is 24.7 Å². The number of hydrogen-bond acceptors (Lipinski definition) is 4. The van der Waals surface area contributed by atoms with Gasteiger partial charge in [0, 0.05) is 23.4 Å². The van der Waals surface area contributed by atoms with Crippen molar-refractivity contribution in [1.29, 1.82) is 0 Å². The Morgan fingerprint density at radius 3 is 2.84 bits per heavy atom. The normalized spacial score (nSPS) is 13.3. The Kier molecular flexibility index (Phi) is 6.17. The number of rotatable bonds is 5. The van der Waals surface area contributed by atoms with Gasteiger partial charge in [-0.25, -0.2) is 4.99 Å². The molecule has 0 amide bonds. The van der Waals surface area contributed by atoms with Crippen LogP contribution in [0.15, 0.2) is 39.8 Å². The van der Waals surface area contributed by atoms with E-state index in [-0.39, 0.29) is 4.90 Å². The van der Waals surface area contributed by atoms with Crippen molar-refractivity contribution in [3.8, 4) is 0 Å². The molecular formula is C11H9F3N2OS2. The number of aliphatic imine (C=N–C) groups is 1. The highest BCUT2D eigenvalue weighted by Gasteiger charge is 2.32. The number of aromatic nitrogens is 1. The molecule has 0 saturated heterocycles. The first-order valence-corrected chi connectivity index (χ1v) is 6.70. The third-order valence-corrected chi connectivity index (χ3v) is 3.22.